The molecule has 1 N–H and O–H groups in total. The Kier molecular flexibility index (Phi) is 4.21. The maximum absolute atomic E-state index is 12.5. The van der Waals surface area contributed by atoms with Gasteiger partial charge in [-0.1, -0.05) is 35.3 Å². The highest BCUT2D eigenvalue weighted by molar-refractivity contribution is 7.18. The molecule has 0 fully saturated rings. The number of thiophene rings is 1. The van der Waals surface area contributed by atoms with Gasteiger partial charge in [-0.15, -0.1) is 11.3 Å². The minimum atomic E-state index is -0.105. The lowest BCUT2D eigenvalue weighted by Gasteiger charge is -2.09. The van der Waals surface area contributed by atoms with Gasteiger partial charge in [-0.3, -0.25) is 4.79 Å². The van der Waals surface area contributed by atoms with Crippen molar-refractivity contribution >= 4 is 55.9 Å². The molecule has 0 atom stereocenters. The summed E-state index contributed by atoms with van der Waals surface area (Å²) in [5.74, 6) is 0.396. The molecule has 3 nitrogen and oxygen atoms in total. The van der Waals surface area contributed by atoms with Crippen LogP contribution < -0.4 is 5.56 Å². The summed E-state index contributed by atoms with van der Waals surface area (Å²) < 4.78 is 0. The molecule has 2 heterocycles. The van der Waals surface area contributed by atoms with E-state index in [0.717, 1.165) is 35.0 Å². The Balaban J connectivity index is 1.81. The van der Waals surface area contributed by atoms with Crippen LogP contribution in [0.5, 0.6) is 0 Å². The van der Waals surface area contributed by atoms with Crippen LogP contribution in [-0.2, 0) is 12.8 Å². The van der Waals surface area contributed by atoms with Crippen LogP contribution in [0.3, 0.4) is 0 Å². The van der Waals surface area contributed by atoms with Crippen LogP contribution >= 0.6 is 34.5 Å². The van der Waals surface area contributed by atoms with Crippen LogP contribution in [0.2, 0.25) is 5.02 Å². The summed E-state index contributed by atoms with van der Waals surface area (Å²) in [4.78, 5) is 22.0. The Labute approximate surface area is 153 Å². The van der Waals surface area contributed by atoms with Crippen molar-refractivity contribution in [2.24, 2.45) is 0 Å². The second-order valence-corrected chi connectivity index (χ2v) is 7.78. The van der Waals surface area contributed by atoms with Crippen LogP contribution in [0, 0.1) is 0 Å². The van der Waals surface area contributed by atoms with Crippen molar-refractivity contribution in [2.75, 3.05) is 0 Å². The number of fused-ring (bicyclic) bond motifs is 3. The van der Waals surface area contributed by atoms with E-state index in [1.807, 2.05) is 18.2 Å². The molecule has 1 aromatic carbocycles. The first kappa shape index (κ1) is 15.9. The van der Waals surface area contributed by atoms with Gasteiger partial charge in [0.25, 0.3) is 5.56 Å². The van der Waals surface area contributed by atoms with Crippen LogP contribution in [0.1, 0.15) is 34.7 Å². The fraction of sp³-hybridized carbons (Fsp3) is 0.222. The lowest BCUT2D eigenvalue weighted by atomic mass is 9.97. The van der Waals surface area contributed by atoms with E-state index in [4.69, 9.17) is 23.2 Å². The summed E-state index contributed by atoms with van der Waals surface area (Å²) in [7, 11) is 0. The molecular weight excluding hydrogens is 363 g/mol. The molecule has 0 spiro atoms. The van der Waals surface area contributed by atoms with Crippen molar-refractivity contribution in [3.8, 4) is 0 Å². The number of aromatic nitrogens is 2. The minimum Gasteiger partial charge on any atom is -0.305 e. The molecule has 0 saturated carbocycles. The van der Waals surface area contributed by atoms with Gasteiger partial charge in [0.05, 0.1) is 10.4 Å². The highest BCUT2D eigenvalue weighted by atomic mass is 35.5. The van der Waals surface area contributed by atoms with Crippen LogP contribution in [0.15, 0.2) is 29.1 Å². The number of nitrogens with zero attached hydrogens (tertiary/aromatic N) is 1. The van der Waals surface area contributed by atoms with Crippen molar-refractivity contribution in [2.45, 2.75) is 25.7 Å². The van der Waals surface area contributed by atoms with Gasteiger partial charge in [-0.2, -0.15) is 0 Å². The fourth-order valence-electron chi connectivity index (χ4n) is 3.09. The molecule has 0 amide bonds. The van der Waals surface area contributed by atoms with Gasteiger partial charge in [0, 0.05) is 9.90 Å². The lowest BCUT2D eigenvalue weighted by Crippen LogP contribution is -2.12. The second-order valence-electron chi connectivity index (χ2n) is 5.85. The van der Waals surface area contributed by atoms with Gasteiger partial charge in [0.15, 0.2) is 5.82 Å². The predicted octanol–water partition coefficient (Wildman–Crippen LogP) is 5.25. The molecular formula is C18H14Cl2N2OS. The number of benzene rings is 1. The maximum Gasteiger partial charge on any atom is 0.260 e. The summed E-state index contributed by atoms with van der Waals surface area (Å²) in [5.41, 5.74) is 1.93. The maximum atomic E-state index is 12.5. The van der Waals surface area contributed by atoms with E-state index in [0.29, 0.717) is 15.9 Å². The fourth-order valence-corrected chi connectivity index (χ4v) is 4.76. The van der Waals surface area contributed by atoms with Crippen molar-refractivity contribution in [3.63, 3.8) is 0 Å². The third-order valence-electron chi connectivity index (χ3n) is 4.19. The van der Waals surface area contributed by atoms with Crippen molar-refractivity contribution < 1.29 is 0 Å². The molecule has 0 aliphatic heterocycles. The van der Waals surface area contributed by atoms with Crippen LogP contribution in [-0.4, -0.2) is 9.97 Å². The monoisotopic (exact) mass is 376 g/mol. The van der Waals surface area contributed by atoms with E-state index in [1.54, 1.807) is 23.5 Å². The van der Waals surface area contributed by atoms with Gasteiger partial charge in [-0.05, 0) is 55.0 Å². The van der Waals surface area contributed by atoms with Crippen molar-refractivity contribution in [3.05, 3.63) is 61.5 Å². The van der Waals surface area contributed by atoms with Gasteiger partial charge >= 0.3 is 0 Å². The zero-order valence-electron chi connectivity index (χ0n) is 12.7. The summed E-state index contributed by atoms with van der Waals surface area (Å²) >= 11 is 14.0. The minimum absolute atomic E-state index is 0.105. The average molecular weight is 377 g/mol. The molecule has 0 bridgehead atoms. The Morgan fingerprint density at radius 1 is 1.29 bits per heavy atom. The number of aromatic amines is 1. The first-order valence-electron chi connectivity index (χ1n) is 7.79. The topological polar surface area (TPSA) is 45.8 Å². The zero-order chi connectivity index (χ0) is 16.7. The molecule has 0 radical (unpaired) electrons. The Bertz CT molecular complexity index is 1020. The first-order valence-corrected chi connectivity index (χ1v) is 9.37. The Morgan fingerprint density at radius 3 is 2.96 bits per heavy atom. The number of rotatable bonds is 2. The number of halogens is 2. The van der Waals surface area contributed by atoms with Crippen molar-refractivity contribution in [1.82, 2.24) is 9.97 Å². The Morgan fingerprint density at radius 2 is 2.12 bits per heavy atom. The lowest BCUT2D eigenvalue weighted by molar-refractivity contribution is 0.700. The molecule has 0 saturated heterocycles. The van der Waals surface area contributed by atoms with E-state index >= 15 is 0 Å². The smallest absolute Gasteiger partial charge is 0.260 e. The highest BCUT2D eigenvalue weighted by Crippen LogP contribution is 2.34. The standard InChI is InChI=1S/C18H14Cl2N2OS/c19-11-5-3-4-10(8-11)9-13(20)16-21-17(23)15-12-6-1-2-7-14(12)24-18(15)22-16/h3-5,8-9H,1-2,6-7H2,(H,21,22,23)/b13-9-. The molecule has 3 aromatic rings. The van der Waals surface area contributed by atoms with Gasteiger partial charge < -0.3 is 4.98 Å². The highest BCUT2D eigenvalue weighted by Gasteiger charge is 2.20. The predicted molar refractivity (Wildman–Crippen MR) is 102 cm³/mol. The summed E-state index contributed by atoms with van der Waals surface area (Å²) in [6, 6.07) is 7.36. The SMILES string of the molecule is O=c1[nH]c(/C(Cl)=C/c2cccc(Cl)c2)nc2sc3c(c12)CCCC3. The summed E-state index contributed by atoms with van der Waals surface area (Å²) in [6.45, 7) is 0. The van der Waals surface area contributed by atoms with Crippen molar-refractivity contribution in [1.29, 1.82) is 0 Å². The van der Waals surface area contributed by atoms with Gasteiger partial charge in [0.2, 0.25) is 0 Å². The molecule has 24 heavy (non-hydrogen) atoms. The largest absolute Gasteiger partial charge is 0.305 e. The van der Waals surface area contributed by atoms with E-state index in [1.165, 1.54) is 16.9 Å². The third-order valence-corrected chi connectivity index (χ3v) is 5.90. The number of nitrogens with one attached hydrogen (secondary N) is 1. The molecule has 6 heteroatoms. The van der Waals surface area contributed by atoms with Gasteiger partial charge in [-0.25, -0.2) is 4.98 Å². The van der Waals surface area contributed by atoms with Crippen LogP contribution in [0.4, 0.5) is 0 Å². The van der Waals surface area contributed by atoms with E-state index in [9.17, 15) is 4.79 Å². The van der Waals surface area contributed by atoms with E-state index in [2.05, 4.69) is 9.97 Å². The normalized spacial score (nSPS) is 14.8. The second kappa shape index (κ2) is 6.36. The quantitative estimate of drug-likeness (QED) is 0.663. The number of hydrogen-bond donors (Lipinski definition) is 1. The average Bonchev–Trinajstić information content (AvgIpc) is 2.93. The Hall–Kier alpha value is -1.62. The number of aryl methyl sites for hydroxylation is 2. The first-order chi connectivity index (χ1) is 11.6. The number of H-pyrrole nitrogens is 1. The van der Waals surface area contributed by atoms with Crippen LogP contribution in [0.25, 0.3) is 21.3 Å². The van der Waals surface area contributed by atoms with E-state index < -0.39 is 0 Å². The zero-order valence-corrected chi connectivity index (χ0v) is 15.1. The van der Waals surface area contributed by atoms with Gasteiger partial charge in [0.1, 0.15) is 4.83 Å². The molecule has 2 aromatic heterocycles. The molecule has 122 valence electrons. The molecule has 4 rings (SSSR count). The molecule has 1 aliphatic rings. The summed E-state index contributed by atoms with van der Waals surface area (Å²) in [5, 5.41) is 1.77. The summed E-state index contributed by atoms with van der Waals surface area (Å²) in [6.07, 6.45) is 6.07. The number of hydrogen-bond acceptors (Lipinski definition) is 3. The molecule has 1 aliphatic carbocycles. The molecule has 0 unspecified atom stereocenters. The van der Waals surface area contributed by atoms with E-state index in [-0.39, 0.29) is 5.56 Å². The third kappa shape index (κ3) is 2.90.